The second-order valence-electron chi connectivity index (χ2n) is 5.09. The third-order valence-electron chi connectivity index (χ3n) is 2.95. The molecule has 0 saturated carbocycles. The fourth-order valence-corrected chi connectivity index (χ4v) is 2.40. The summed E-state index contributed by atoms with van der Waals surface area (Å²) in [5, 5.41) is 4.79. The van der Waals surface area contributed by atoms with E-state index in [-0.39, 0.29) is 5.54 Å². The van der Waals surface area contributed by atoms with Gasteiger partial charge in [0.15, 0.2) is 0 Å². The first-order valence-corrected chi connectivity index (χ1v) is 5.31. The van der Waals surface area contributed by atoms with Crippen LogP contribution in [-0.2, 0) is 0 Å². The summed E-state index contributed by atoms with van der Waals surface area (Å²) >= 11 is 0. The SMILES string of the molecule is Cc1ccc2c(c1)[N]C(C)(C)CC2C. The molecule has 1 nitrogen and oxygen atoms in total. The van der Waals surface area contributed by atoms with Crippen molar-refractivity contribution in [2.45, 2.75) is 45.6 Å². The summed E-state index contributed by atoms with van der Waals surface area (Å²) in [4.78, 5) is 0. The lowest BCUT2D eigenvalue weighted by molar-refractivity contribution is 0.357. The van der Waals surface area contributed by atoms with Crippen LogP contribution in [0.1, 0.15) is 44.2 Å². The average molecular weight is 188 g/mol. The van der Waals surface area contributed by atoms with Crippen LogP contribution in [0.4, 0.5) is 5.69 Å². The van der Waals surface area contributed by atoms with Crippen molar-refractivity contribution in [2.75, 3.05) is 0 Å². The van der Waals surface area contributed by atoms with Crippen molar-refractivity contribution in [1.29, 1.82) is 0 Å². The highest BCUT2D eigenvalue weighted by atomic mass is 15.0. The molecule has 0 N–H and O–H groups in total. The molecule has 1 aromatic carbocycles. The van der Waals surface area contributed by atoms with Crippen molar-refractivity contribution < 1.29 is 0 Å². The molecule has 0 saturated heterocycles. The summed E-state index contributed by atoms with van der Waals surface area (Å²) in [5.41, 5.74) is 4.03. The predicted molar refractivity (Wildman–Crippen MR) is 60.1 cm³/mol. The molecular weight excluding hydrogens is 170 g/mol. The Kier molecular flexibility index (Phi) is 2.06. The molecule has 1 aromatic rings. The van der Waals surface area contributed by atoms with Gasteiger partial charge in [-0.05, 0) is 50.3 Å². The number of aryl methyl sites for hydroxylation is 1. The maximum atomic E-state index is 4.79. The van der Waals surface area contributed by atoms with E-state index in [1.54, 1.807) is 0 Å². The van der Waals surface area contributed by atoms with E-state index in [0.29, 0.717) is 5.92 Å². The maximum Gasteiger partial charge on any atom is 0.0618 e. The zero-order chi connectivity index (χ0) is 10.3. The van der Waals surface area contributed by atoms with Crippen LogP contribution in [-0.4, -0.2) is 5.54 Å². The van der Waals surface area contributed by atoms with Gasteiger partial charge in [0.2, 0.25) is 0 Å². The quantitative estimate of drug-likeness (QED) is 0.591. The normalized spacial score (nSPS) is 23.9. The Morgan fingerprint density at radius 3 is 2.79 bits per heavy atom. The first-order valence-electron chi connectivity index (χ1n) is 5.31. The third kappa shape index (κ3) is 1.63. The molecule has 1 heteroatoms. The molecule has 1 atom stereocenters. The van der Waals surface area contributed by atoms with E-state index in [9.17, 15) is 0 Å². The molecule has 0 amide bonds. The minimum Gasteiger partial charge on any atom is -0.279 e. The van der Waals surface area contributed by atoms with Crippen LogP contribution < -0.4 is 5.32 Å². The minimum atomic E-state index is 0.111. The van der Waals surface area contributed by atoms with Crippen molar-refractivity contribution in [3.63, 3.8) is 0 Å². The molecule has 1 radical (unpaired) electrons. The first kappa shape index (κ1) is 9.57. The molecule has 14 heavy (non-hydrogen) atoms. The molecule has 1 aliphatic heterocycles. The monoisotopic (exact) mass is 188 g/mol. The predicted octanol–water partition coefficient (Wildman–Crippen LogP) is 3.52. The minimum absolute atomic E-state index is 0.111. The molecule has 1 unspecified atom stereocenters. The van der Waals surface area contributed by atoms with Crippen LogP contribution in [0, 0.1) is 6.92 Å². The van der Waals surface area contributed by atoms with Gasteiger partial charge < -0.3 is 0 Å². The van der Waals surface area contributed by atoms with Gasteiger partial charge in [-0.25, -0.2) is 0 Å². The highest BCUT2D eigenvalue weighted by Crippen LogP contribution is 2.38. The summed E-state index contributed by atoms with van der Waals surface area (Å²) in [6.45, 7) is 8.86. The molecule has 0 spiro atoms. The number of hydrogen-bond donors (Lipinski definition) is 0. The van der Waals surface area contributed by atoms with E-state index >= 15 is 0 Å². The third-order valence-corrected chi connectivity index (χ3v) is 2.95. The summed E-state index contributed by atoms with van der Waals surface area (Å²) < 4.78 is 0. The van der Waals surface area contributed by atoms with Crippen LogP contribution in [0.3, 0.4) is 0 Å². The molecule has 0 aromatic heterocycles. The topological polar surface area (TPSA) is 14.1 Å². The van der Waals surface area contributed by atoms with E-state index in [1.807, 2.05) is 0 Å². The molecule has 0 fully saturated rings. The van der Waals surface area contributed by atoms with E-state index in [0.717, 1.165) is 6.42 Å². The lowest BCUT2D eigenvalue weighted by Crippen LogP contribution is -2.35. The van der Waals surface area contributed by atoms with Crippen LogP contribution in [0.2, 0.25) is 0 Å². The molecule has 0 aliphatic carbocycles. The highest BCUT2D eigenvalue weighted by Gasteiger charge is 2.30. The largest absolute Gasteiger partial charge is 0.279 e. The second kappa shape index (κ2) is 3.01. The van der Waals surface area contributed by atoms with Gasteiger partial charge in [-0.2, -0.15) is 0 Å². The van der Waals surface area contributed by atoms with Gasteiger partial charge in [0.1, 0.15) is 0 Å². The number of rotatable bonds is 0. The average Bonchev–Trinajstić information content (AvgIpc) is 2.00. The fourth-order valence-electron chi connectivity index (χ4n) is 2.40. The summed E-state index contributed by atoms with van der Waals surface area (Å²) in [5.74, 6) is 0.637. The van der Waals surface area contributed by atoms with Gasteiger partial charge in [0.25, 0.3) is 0 Å². The smallest absolute Gasteiger partial charge is 0.0618 e. The van der Waals surface area contributed by atoms with Gasteiger partial charge >= 0.3 is 0 Å². The van der Waals surface area contributed by atoms with Gasteiger partial charge in [0.05, 0.1) is 11.2 Å². The molecule has 1 aliphatic rings. The van der Waals surface area contributed by atoms with Gasteiger partial charge in [-0.3, -0.25) is 5.32 Å². The number of fused-ring (bicyclic) bond motifs is 1. The lowest BCUT2D eigenvalue weighted by Gasteiger charge is -2.35. The molecule has 0 bridgehead atoms. The van der Waals surface area contributed by atoms with Crippen molar-refractivity contribution >= 4 is 5.69 Å². The van der Waals surface area contributed by atoms with Gasteiger partial charge in [0, 0.05) is 0 Å². The number of nitrogens with zero attached hydrogens (tertiary/aromatic N) is 1. The Morgan fingerprint density at radius 1 is 1.36 bits per heavy atom. The number of benzene rings is 1. The van der Waals surface area contributed by atoms with Gasteiger partial charge in [-0.1, -0.05) is 19.1 Å². The first-order chi connectivity index (χ1) is 6.48. The van der Waals surface area contributed by atoms with E-state index in [4.69, 9.17) is 5.32 Å². The van der Waals surface area contributed by atoms with E-state index < -0.39 is 0 Å². The van der Waals surface area contributed by atoms with Crippen molar-refractivity contribution in [2.24, 2.45) is 0 Å². The molecular formula is C13H18N. The maximum absolute atomic E-state index is 4.79. The zero-order valence-electron chi connectivity index (χ0n) is 9.46. The fraction of sp³-hybridized carbons (Fsp3) is 0.538. The summed E-state index contributed by atoms with van der Waals surface area (Å²) in [6.07, 6.45) is 1.16. The Hall–Kier alpha value is -0.980. The Morgan fingerprint density at radius 2 is 2.07 bits per heavy atom. The Labute approximate surface area is 86.5 Å². The zero-order valence-corrected chi connectivity index (χ0v) is 9.46. The highest BCUT2D eigenvalue weighted by molar-refractivity contribution is 5.51. The van der Waals surface area contributed by atoms with Crippen molar-refractivity contribution in [3.8, 4) is 0 Å². The summed E-state index contributed by atoms with van der Waals surface area (Å²) in [6, 6.07) is 6.62. The lowest BCUT2D eigenvalue weighted by atomic mass is 9.82. The molecule has 2 rings (SSSR count). The second-order valence-corrected chi connectivity index (χ2v) is 5.09. The van der Waals surface area contributed by atoms with E-state index in [2.05, 4.69) is 45.9 Å². The Balaban J connectivity index is 2.46. The van der Waals surface area contributed by atoms with Crippen LogP contribution in [0.5, 0.6) is 0 Å². The summed E-state index contributed by atoms with van der Waals surface area (Å²) in [7, 11) is 0. The van der Waals surface area contributed by atoms with Crippen molar-refractivity contribution in [3.05, 3.63) is 29.3 Å². The van der Waals surface area contributed by atoms with E-state index in [1.165, 1.54) is 16.8 Å². The number of hydrogen-bond acceptors (Lipinski definition) is 0. The molecule has 1 heterocycles. The van der Waals surface area contributed by atoms with Gasteiger partial charge in [-0.15, -0.1) is 0 Å². The standard InChI is InChI=1S/C13H18N/c1-9-5-6-11-10(2)8-13(3,4)14-12(11)7-9/h5-7,10H,8H2,1-4H3. The van der Waals surface area contributed by atoms with Crippen LogP contribution in [0.15, 0.2) is 18.2 Å². The Bertz CT molecular complexity index is 352. The van der Waals surface area contributed by atoms with Crippen LogP contribution in [0.25, 0.3) is 0 Å². The van der Waals surface area contributed by atoms with Crippen LogP contribution >= 0.6 is 0 Å². The van der Waals surface area contributed by atoms with Crippen molar-refractivity contribution in [1.82, 2.24) is 5.32 Å². The molecule has 75 valence electrons.